The van der Waals surface area contributed by atoms with Gasteiger partial charge in [0.1, 0.15) is 12.4 Å². The Hall–Kier alpha value is -1.98. The molecular formula is C12H14FNO4. The van der Waals surface area contributed by atoms with E-state index in [0.29, 0.717) is 0 Å². The Balaban J connectivity index is 2.73. The fourth-order valence-corrected chi connectivity index (χ4v) is 1.09. The van der Waals surface area contributed by atoms with Crippen LogP contribution in [0.5, 0.6) is 5.75 Å². The molecule has 0 aromatic heterocycles. The second kappa shape index (κ2) is 5.12. The number of hydrogen-bond acceptors (Lipinski definition) is 4. The number of ketones is 1. The summed E-state index contributed by atoms with van der Waals surface area (Å²) in [5.74, 6) is -1.03. The summed E-state index contributed by atoms with van der Waals surface area (Å²) in [6.07, 6.45) is 0. The molecule has 98 valence electrons. The molecule has 0 saturated heterocycles. The summed E-state index contributed by atoms with van der Waals surface area (Å²) in [6, 6.07) is 3.16. The first-order chi connectivity index (χ1) is 8.21. The molecule has 0 saturated carbocycles. The SMILES string of the molecule is CC(C)(C)C(=O)COc1ccc([N+](=O)[O-])c(F)c1. The van der Waals surface area contributed by atoms with Gasteiger partial charge in [-0.1, -0.05) is 20.8 Å². The highest BCUT2D eigenvalue weighted by atomic mass is 19.1. The molecule has 5 nitrogen and oxygen atoms in total. The number of nitro groups is 1. The first-order valence-electron chi connectivity index (χ1n) is 5.32. The summed E-state index contributed by atoms with van der Waals surface area (Å²) in [5, 5.41) is 10.4. The highest BCUT2D eigenvalue weighted by Crippen LogP contribution is 2.23. The number of carbonyl (C=O) groups excluding carboxylic acids is 1. The molecule has 0 atom stereocenters. The Morgan fingerprint density at radius 1 is 1.44 bits per heavy atom. The molecule has 1 rings (SSSR count). The monoisotopic (exact) mass is 255 g/mol. The molecule has 1 aromatic rings. The van der Waals surface area contributed by atoms with Crippen LogP contribution >= 0.6 is 0 Å². The summed E-state index contributed by atoms with van der Waals surface area (Å²) in [4.78, 5) is 21.2. The maximum absolute atomic E-state index is 13.3. The number of rotatable bonds is 4. The Kier molecular flexibility index (Phi) is 4.00. The number of halogens is 1. The van der Waals surface area contributed by atoms with E-state index in [-0.39, 0.29) is 18.1 Å². The van der Waals surface area contributed by atoms with Crippen LogP contribution in [0.2, 0.25) is 0 Å². The van der Waals surface area contributed by atoms with Crippen molar-refractivity contribution >= 4 is 11.5 Å². The lowest BCUT2D eigenvalue weighted by atomic mass is 9.91. The van der Waals surface area contributed by atoms with Crippen molar-refractivity contribution in [3.05, 3.63) is 34.1 Å². The quantitative estimate of drug-likeness (QED) is 0.612. The summed E-state index contributed by atoms with van der Waals surface area (Å²) >= 11 is 0. The average molecular weight is 255 g/mol. The predicted molar refractivity (Wildman–Crippen MR) is 63.0 cm³/mol. The van der Waals surface area contributed by atoms with Gasteiger partial charge in [-0.25, -0.2) is 0 Å². The summed E-state index contributed by atoms with van der Waals surface area (Å²) in [7, 11) is 0. The van der Waals surface area contributed by atoms with E-state index >= 15 is 0 Å². The van der Waals surface area contributed by atoms with Gasteiger partial charge in [0.2, 0.25) is 5.82 Å². The van der Waals surface area contributed by atoms with Gasteiger partial charge in [0.25, 0.3) is 0 Å². The van der Waals surface area contributed by atoms with E-state index in [4.69, 9.17) is 4.74 Å². The third-order valence-electron chi connectivity index (χ3n) is 2.32. The van der Waals surface area contributed by atoms with Crippen LogP contribution in [-0.2, 0) is 4.79 Å². The normalized spacial score (nSPS) is 11.1. The van der Waals surface area contributed by atoms with Crippen LogP contribution in [0.15, 0.2) is 18.2 Å². The lowest BCUT2D eigenvalue weighted by Gasteiger charge is -2.16. The zero-order valence-electron chi connectivity index (χ0n) is 10.4. The second-order valence-electron chi connectivity index (χ2n) is 4.83. The van der Waals surface area contributed by atoms with Crippen LogP contribution in [0.1, 0.15) is 20.8 Å². The number of nitro benzene ring substituents is 1. The molecule has 0 radical (unpaired) electrons. The first kappa shape index (κ1) is 14.1. The van der Waals surface area contributed by atoms with Gasteiger partial charge >= 0.3 is 5.69 Å². The number of nitrogens with zero attached hydrogens (tertiary/aromatic N) is 1. The van der Waals surface area contributed by atoms with Gasteiger partial charge in [-0.05, 0) is 6.07 Å². The molecule has 0 aliphatic rings. The third kappa shape index (κ3) is 3.51. The molecule has 6 heteroatoms. The van der Waals surface area contributed by atoms with Gasteiger partial charge < -0.3 is 4.74 Å². The van der Waals surface area contributed by atoms with Crippen LogP contribution < -0.4 is 4.74 Å². The molecule has 0 fully saturated rings. The van der Waals surface area contributed by atoms with Crippen LogP contribution in [0.4, 0.5) is 10.1 Å². The summed E-state index contributed by atoms with van der Waals surface area (Å²) < 4.78 is 18.4. The van der Waals surface area contributed by atoms with Gasteiger partial charge in [-0.3, -0.25) is 14.9 Å². The Bertz CT molecular complexity index is 479. The zero-order valence-corrected chi connectivity index (χ0v) is 10.4. The minimum absolute atomic E-state index is 0.0932. The van der Waals surface area contributed by atoms with Crippen molar-refractivity contribution in [3.8, 4) is 5.75 Å². The standard InChI is InChI=1S/C12H14FNO4/c1-12(2,3)11(15)7-18-8-4-5-10(14(16)17)9(13)6-8/h4-6H,7H2,1-3H3. The second-order valence-corrected chi connectivity index (χ2v) is 4.83. The number of carbonyl (C=O) groups is 1. The highest BCUT2D eigenvalue weighted by molar-refractivity contribution is 5.85. The van der Waals surface area contributed by atoms with Gasteiger partial charge in [-0.2, -0.15) is 4.39 Å². The lowest BCUT2D eigenvalue weighted by Crippen LogP contribution is -2.26. The maximum Gasteiger partial charge on any atom is 0.305 e. The zero-order chi connectivity index (χ0) is 13.9. The van der Waals surface area contributed by atoms with Crippen molar-refractivity contribution in [2.45, 2.75) is 20.8 Å². The van der Waals surface area contributed by atoms with Crippen molar-refractivity contribution in [1.29, 1.82) is 0 Å². The van der Waals surface area contributed by atoms with Crippen LogP contribution in [-0.4, -0.2) is 17.3 Å². The van der Waals surface area contributed by atoms with E-state index in [9.17, 15) is 19.3 Å². The molecular weight excluding hydrogens is 241 g/mol. The summed E-state index contributed by atoms with van der Waals surface area (Å²) in [6.45, 7) is 5.04. The molecule has 0 N–H and O–H groups in total. The topological polar surface area (TPSA) is 69.4 Å². The fraction of sp³-hybridized carbons (Fsp3) is 0.417. The Labute approximate surface area is 104 Å². The van der Waals surface area contributed by atoms with Crippen molar-refractivity contribution in [2.75, 3.05) is 6.61 Å². The lowest BCUT2D eigenvalue weighted by molar-refractivity contribution is -0.387. The van der Waals surface area contributed by atoms with E-state index in [2.05, 4.69) is 0 Å². The van der Waals surface area contributed by atoms with Crippen molar-refractivity contribution in [3.63, 3.8) is 0 Å². The van der Waals surface area contributed by atoms with Crippen LogP contribution in [0.25, 0.3) is 0 Å². The Morgan fingerprint density at radius 2 is 2.06 bits per heavy atom. The Morgan fingerprint density at radius 3 is 2.50 bits per heavy atom. The first-order valence-corrected chi connectivity index (χ1v) is 5.32. The largest absolute Gasteiger partial charge is 0.486 e. The third-order valence-corrected chi connectivity index (χ3v) is 2.32. The minimum Gasteiger partial charge on any atom is -0.486 e. The molecule has 0 unspecified atom stereocenters. The molecule has 0 aliphatic carbocycles. The smallest absolute Gasteiger partial charge is 0.305 e. The van der Waals surface area contributed by atoms with Crippen molar-refractivity contribution in [2.24, 2.45) is 5.41 Å². The van der Waals surface area contributed by atoms with Crippen LogP contribution in [0.3, 0.4) is 0 Å². The molecule has 0 aliphatic heterocycles. The van der Waals surface area contributed by atoms with Gasteiger partial charge in [0.05, 0.1) is 4.92 Å². The van der Waals surface area contributed by atoms with Crippen molar-refractivity contribution < 1.29 is 18.8 Å². The van der Waals surface area contributed by atoms with Gasteiger partial charge in [0.15, 0.2) is 5.78 Å². The average Bonchev–Trinajstić information content (AvgIpc) is 2.24. The van der Waals surface area contributed by atoms with Crippen LogP contribution in [0, 0.1) is 21.3 Å². The summed E-state index contributed by atoms with van der Waals surface area (Å²) in [5.41, 5.74) is -1.16. The predicted octanol–water partition coefficient (Wildman–Crippen LogP) is 2.73. The van der Waals surface area contributed by atoms with E-state index in [1.165, 1.54) is 6.07 Å². The minimum atomic E-state index is -0.985. The van der Waals surface area contributed by atoms with Gasteiger partial charge in [0, 0.05) is 17.5 Å². The van der Waals surface area contributed by atoms with E-state index in [0.717, 1.165) is 12.1 Å². The van der Waals surface area contributed by atoms with E-state index in [1.807, 2.05) is 0 Å². The molecule has 18 heavy (non-hydrogen) atoms. The number of hydrogen-bond donors (Lipinski definition) is 0. The fourth-order valence-electron chi connectivity index (χ4n) is 1.09. The molecule has 0 spiro atoms. The maximum atomic E-state index is 13.3. The van der Waals surface area contributed by atoms with E-state index < -0.39 is 21.8 Å². The van der Waals surface area contributed by atoms with Gasteiger partial charge in [-0.15, -0.1) is 0 Å². The van der Waals surface area contributed by atoms with Crippen molar-refractivity contribution in [1.82, 2.24) is 0 Å². The molecule has 0 heterocycles. The number of benzene rings is 1. The molecule has 0 bridgehead atoms. The van der Waals surface area contributed by atoms with E-state index in [1.54, 1.807) is 20.8 Å². The molecule has 1 aromatic carbocycles. The molecule has 0 amide bonds. The number of Topliss-reactive ketones (excluding diaryl/α,β-unsaturated/α-hetero) is 1. The number of ether oxygens (including phenoxy) is 1. The highest BCUT2D eigenvalue weighted by Gasteiger charge is 2.22.